The van der Waals surface area contributed by atoms with Crippen molar-refractivity contribution in [1.29, 1.82) is 0 Å². The molecule has 1 atom stereocenters. The van der Waals surface area contributed by atoms with Gasteiger partial charge in [-0.2, -0.15) is 0 Å². The Morgan fingerprint density at radius 1 is 1.12 bits per heavy atom. The molecule has 5 heteroatoms. The normalized spacial score (nSPS) is 12.1. The SMILES string of the molecule is CC(Cc1ccc(Oc2ccc(Cl)cc2Cl)cc1)Cn1ccnc1. The van der Waals surface area contributed by atoms with Crippen LogP contribution in [-0.2, 0) is 13.0 Å². The van der Waals surface area contributed by atoms with Crippen molar-refractivity contribution in [2.45, 2.75) is 19.9 Å². The van der Waals surface area contributed by atoms with Crippen LogP contribution in [0.25, 0.3) is 0 Å². The van der Waals surface area contributed by atoms with Gasteiger partial charge in [0, 0.05) is 24.0 Å². The van der Waals surface area contributed by atoms with Crippen molar-refractivity contribution in [2.75, 3.05) is 0 Å². The molecule has 0 amide bonds. The van der Waals surface area contributed by atoms with E-state index in [1.165, 1.54) is 5.56 Å². The van der Waals surface area contributed by atoms with Crippen LogP contribution >= 0.6 is 23.2 Å². The Morgan fingerprint density at radius 2 is 1.92 bits per heavy atom. The minimum atomic E-state index is 0.500. The lowest BCUT2D eigenvalue weighted by molar-refractivity contribution is 0.474. The molecule has 3 nitrogen and oxygen atoms in total. The first kappa shape index (κ1) is 16.9. The molecule has 3 aromatic rings. The highest BCUT2D eigenvalue weighted by Crippen LogP contribution is 2.31. The van der Waals surface area contributed by atoms with Crippen LogP contribution in [0.1, 0.15) is 12.5 Å². The highest BCUT2D eigenvalue weighted by molar-refractivity contribution is 6.35. The molecule has 0 saturated heterocycles. The van der Waals surface area contributed by atoms with Crippen molar-refractivity contribution >= 4 is 23.2 Å². The highest BCUT2D eigenvalue weighted by Gasteiger charge is 2.07. The van der Waals surface area contributed by atoms with Gasteiger partial charge in [-0.05, 0) is 48.2 Å². The van der Waals surface area contributed by atoms with Gasteiger partial charge in [0.25, 0.3) is 0 Å². The molecule has 3 rings (SSSR count). The van der Waals surface area contributed by atoms with E-state index in [0.29, 0.717) is 21.7 Å². The summed E-state index contributed by atoms with van der Waals surface area (Å²) in [5, 5.41) is 1.09. The number of ether oxygens (including phenoxy) is 1. The average molecular weight is 361 g/mol. The molecular formula is C19H18Cl2N2O. The Bertz CT molecular complexity index is 786. The van der Waals surface area contributed by atoms with Crippen LogP contribution in [0.5, 0.6) is 11.5 Å². The lowest BCUT2D eigenvalue weighted by Crippen LogP contribution is -2.08. The first-order valence-corrected chi connectivity index (χ1v) is 8.53. The number of halogens is 2. The van der Waals surface area contributed by atoms with Crippen LogP contribution in [-0.4, -0.2) is 9.55 Å². The summed E-state index contributed by atoms with van der Waals surface area (Å²) in [4.78, 5) is 4.07. The third kappa shape index (κ3) is 4.53. The minimum absolute atomic E-state index is 0.500. The van der Waals surface area contributed by atoms with Gasteiger partial charge in [-0.1, -0.05) is 42.3 Å². The molecule has 0 fully saturated rings. The molecule has 1 heterocycles. The topological polar surface area (TPSA) is 27.1 Å². The lowest BCUT2D eigenvalue weighted by Gasteiger charge is -2.13. The summed E-state index contributed by atoms with van der Waals surface area (Å²) in [5.74, 6) is 1.88. The van der Waals surface area contributed by atoms with Gasteiger partial charge in [-0.15, -0.1) is 0 Å². The Balaban J connectivity index is 1.60. The van der Waals surface area contributed by atoms with Crippen molar-refractivity contribution in [2.24, 2.45) is 5.92 Å². The maximum atomic E-state index is 6.13. The van der Waals surface area contributed by atoms with E-state index in [9.17, 15) is 0 Å². The molecule has 124 valence electrons. The quantitative estimate of drug-likeness (QED) is 0.550. The molecule has 0 bridgehead atoms. The summed E-state index contributed by atoms with van der Waals surface area (Å²) < 4.78 is 7.91. The molecule has 0 aliphatic heterocycles. The van der Waals surface area contributed by atoms with E-state index in [-0.39, 0.29) is 0 Å². The molecule has 1 aromatic heterocycles. The van der Waals surface area contributed by atoms with Crippen LogP contribution in [0.4, 0.5) is 0 Å². The van der Waals surface area contributed by atoms with Crippen molar-refractivity contribution < 1.29 is 4.74 Å². The molecule has 0 saturated carbocycles. The second-order valence-corrected chi connectivity index (χ2v) is 6.73. The van der Waals surface area contributed by atoms with Crippen molar-refractivity contribution in [3.8, 4) is 11.5 Å². The Hall–Kier alpha value is -1.97. The maximum absolute atomic E-state index is 6.13. The number of rotatable bonds is 6. The summed E-state index contributed by atoms with van der Waals surface area (Å²) in [6.07, 6.45) is 6.65. The van der Waals surface area contributed by atoms with Crippen LogP contribution in [0.15, 0.2) is 61.2 Å². The van der Waals surface area contributed by atoms with E-state index in [4.69, 9.17) is 27.9 Å². The number of aromatic nitrogens is 2. The van der Waals surface area contributed by atoms with Crippen LogP contribution in [0.2, 0.25) is 10.0 Å². The standard InChI is InChI=1S/C19H18Cl2N2O/c1-14(12-23-9-8-22-13-23)10-15-2-5-17(6-3-15)24-19-7-4-16(20)11-18(19)21/h2-9,11,13-14H,10,12H2,1H3. The fraction of sp³-hybridized carbons (Fsp3) is 0.211. The predicted octanol–water partition coefficient (Wildman–Crippen LogP) is 5.86. The summed E-state index contributed by atoms with van der Waals surface area (Å²) in [7, 11) is 0. The fourth-order valence-electron chi connectivity index (χ4n) is 2.60. The summed E-state index contributed by atoms with van der Waals surface area (Å²) >= 11 is 12.0. The highest BCUT2D eigenvalue weighted by atomic mass is 35.5. The molecule has 0 aliphatic carbocycles. The average Bonchev–Trinajstić information content (AvgIpc) is 3.04. The van der Waals surface area contributed by atoms with E-state index in [2.05, 4.69) is 28.6 Å². The van der Waals surface area contributed by atoms with Crippen molar-refractivity contribution in [3.63, 3.8) is 0 Å². The first-order chi connectivity index (χ1) is 11.6. The van der Waals surface area contributed by atoms with Gasteiger partial charge in [0.05, 0.1) is 11.3 Å². The van der Waals surface area contributed by atoms with Crippen LogP contribution in [0.3, 0.4) is 0 Å². The largest absolute Gasteiger partial charge is 0.456 e. The Kier molecular flexibility index (Phi) is 5.44. The third-order valence-corrected chi connectivity index (χ3v) is 4.24. The van der Waals surface area contributed by atoms with Gasteiger partial charge in [-0.3, -0.25) is 0 Å². The molecule has 1 unspecified atom stereocenters. The fourth-order valence-corrected chi connectivity index (χ4v) is 3.05. The maximum Gasteiger partial charge on any atom is 0.146 e. The van der Waals surface area contributed by atoms with E-state index in [1.807, 2.05) is 24.7 Å². The Morgan fingerprint density at radius 3 is 2.58 bits per heavy atom. The summed E-state index contributed by atoms with van der Waals surface area (Å²) in [6, 6.07) is 13.3. The smallest absolute Gasteiger partial charge is 0.146 e. The molecule has 0 N–H and O–H groups in total. The van der Waals surface area contributed by atoms with E-state index >= 15 is 0 Å². The summed E-state index contributed by atoms with van der Waals surface area (Å²) in [5.41, 5.74) is 1.28. The first-order valence-electron chi connectivity index (χ1n) is 7.78. The van der Waals surface area contributed by atoms with Gasteiger partial charge in [0.2, 0.25) is 0 Å². The van der Waals surface area contributed by atoms with Crippen molar-refractivity contribution in [1.82, 2.24) is 9.55 Å². The number of nitrogens with zero attached hydrogens (tertiary/aromatic N) is 2. The van der Waals surface area contributed by atoms with Gasteiger partial charge in [-0.25, -0.2) is 4.98 Å². The molecule has 2 aromatic carbocycles. The van der Waals surface area contributed by atoms with Gasteiger partial charge in [0.15, 0.2) is 0 Å². The molecule has 0 radical (unpaired) electrons. The number of hydrogen-bond donors (Lipinski definition) is 0. The number of imidazole rings is 1. The van der Waals surface area contributed by atoms with Crippen molar-refractivity contribution in [3.05, 3.63) is 76.8 Å². The van der Waals surface area contributed by atoms with Gasteiger partial charge in [0.1, 0.15) is 11.5 Å². The number of hydrogen-bond acceptors (Lipinski definition) is 2. The van der Waals surface area contributed by atoms with Gasteiger partial charge >= 0.3 is 0 Å². The van der Waals surface area contributed by atoms with Crippen LogP contribution < -0.4 is 4.74 Å². The molecule has 24 heavy (non-hydrogen) atoms. The predicted molar refractivity (Wildman–Crippen MR) is 98.1 cm³/mol. The Labute approximate surface area is 151 Å². The third-order valence-electron chi connectivity index (χ3n) is 3.71. The van der Waals surface area contributed by atoms with Crippen LogP contribution in [0, 0.1) is 5.92 Å². The monoisotopic (exact) mass is 360 g/mol. The summed E-state index contributed by atoms with van der Waals surface area (Å²) in [6.45, 7) is 3.19. The molecular weight excluding hydrogens is 343 g/mol. The zero-order chi connectivity index (χ0) is 16.9. The van der Waals surface area contributed by atoms with E-state index in [0.717, 1.165) is 18.7 Å². The molecule has 0 spiro atoms. The lowest BCUT2D eigenvalue weighted by atomic mass is 10.0. The zero-order valence-corrected chi connectivity index (χ0v) is 14.8. The van der Waals surface area contributed by atoms with Gasteiger partial charge < -0.3 is 9.30 Å². The molecule has 0 aliphatic rings. The second-order valence-electron chi connectivity index (χ2n) is 5.89. The van der Waals surface area contributed by atoms with E-state index < -0.39 is 0 Å². The zero-order valence-electron chi connectivity index (χ0n) is 13.3. The number of benzene rings is 2. The minimum Gasteiger partial charge on any atom is -0.456 e. The second kappa shape index (κ2) is 7.73. The van der Waals surface area contributed by atoms with E-state index in [1.54, 1.807) is 24.4 Å².